The summed E-state index contributed by atoms with van der Waals surface area (Å²) in [5.74, 6) is 1.16. The Balaban J connectivity index is 1.36. The van der Waals surface area contributed by atoms with E-state index in [0.717, 1.165) is 11.3 Å². The van der Waals surface area contributed by atoms with Gasteiger partial charge in [-0.25, -0.2) is 18.6 Å². The van der Waals surface area contributed by atoms with E-state index in [1.54, 1.807) is 36.7 Å². The highest BCUT2D eigenvalue weighted by Gasteiger charge is 2.20. The monoisotopic (exact) mass is 484 g/mol. The predicted molar refractivity (Wildman–Crippen MR) is 120 cm³/mol. The molecule has 0 bridgehead atoms. The molecule has 0 saturated heterocycles. The van der Waals surface area contributed by atoms with Crippen molar-refractivity contribution in [2.45, 2.75) is 19.6 Å². The summed E-state index contributed by atoms with van der Waals surface area (Å²) >= 11 is 0. The molecule has 176 valence electrons. The van der Waals surface area contributed by atoms with Crippen molar-refractivity contribution in [3.8, 4) is 17.2 Å². The molecular formula is C22H23N5O6P+. The van der Waals surface area contributed by atoms with Crippen LogP contribution in [-0.2, 0) is 28.7 Å². The Morgan fingerprint density at radius 1 is 1.09 bits per heavy atom. The van der Waals surface area contributed by atoms with Gasteiger partial charge in [0.15, 0.2) is 5.76 Å². The maximum Gasteiger partial charge on any atom is 0.472 e. The van der Waals surface area contributed by atoms with Gasteiger partial charge < -0.3 is 19.0 Å². The van der Waals surface area contributed by atoms with Crippen molar-refractivity contribution >= 4 is 13.6 Å². The summed E-state index contributed by atoms with van der Waals surface area (Å²) in [6, 6.07) is 14.6. The molecule has 4 rings (SSSR count). The Labute approximate surface area is 195 Å². The minimum atomic E-state index is -4.63. The van der Waals surface area contributed by atoms with E-state index < -0.39 is 14.6 Å². The summed E-state index contributed by atoms with van der Waals surface area (Å²) in [6.07, 6.45) is 6.19. The van der Waals surface area contributed by atoms with Gasteiger partial charge in [-0.05, 0) is 29.8 Å². The van der Waals surface area contributed by atoms with Gasteiger partial charge in [0, 0.05) is 43.1 Å². The molecule has 0 saturated carbocycles. The molecule has 12 heteroatoms. The molecule has 11 nitrogen and oxygen atoms in total. The lowest BCUT2D eigenvalue weighted by Gasteiger charge is -2.07. The normalized spacial score (nSPS) is 11.5. The average Bonchev–Trinajstić information content (AvgIpc) is 3.28. The number of phosphoric ester groups is 1. The molecule has 0 aliphatic carbocycles. The Kier molecular flexibility index (Phi) is 7.29. The van der Waals surface area contributed by atoms with Gasteiger partial charge in [0.2, 0.25) is 12.6 Å². The average molecular weight is 484 g/mol. The summed E-state index contributed by atoms with van der Waals surface area (Å²) in [4.78, 5) is 26.4. The van der Waals surface area contributed by atoms with E-state index in [1.807, 2.05) is 24.3 Å². The molecule has 0 atom stereocenters. The topological polar surface area (TPSA) is 158 Å². The van der Waals surface area contributed by atoms with Crippen molar-refractivity contribution < 1.29 is 32.7 Å². The minimum Gasteiger partial charge on any atom is -0.477 e. The van der Waals surface area contributed by atoms with Crippen LogP contribution in [0.15, 0.2) is 71.6 Å². The number of hydrogen-bond acceptors (Lipinski definition) is 8. The molecule has 0 radical (unpaired) electrons. The molecule has 0 aliphatic rings. The summed E-state index contributed by atoms with van der Waals surface area (Å²) in [6.45, 7) is 0.0700. The van der Waals surface area contributed by atoms with Crippen molar-refractivity contribution in [2.24, 2.45) is 0 Å². The van der Waals surface area contributed by atoms with E-state index in [0.29, 0.717) is 42.3 Å². The van der Waals surface area contributed by atoms with E-state index in [1.165, 1.54) is 10.8 Å². The number of ether oxygens (including phenoxy) is 1. The second kappa shape index (κ2) is 10.5. The van der Waals surface area contributed by atoms with Crippen LogP contribution >= 0.6 is 7.82 Å². The van der Waals surface area contributed by atoms with Crippen LogP contribution in [0.1, 0.15) is 17.0 Å². The summed E-state index contributed by atoms with van der Waals surface area (Å²) in [7, 11) is -4.63. The number of nitrogens with two attached hydrogens (primary N) is 1. The van der Waals surface area contributed by atoms with Crippen LogP contribution in [0.4, 0.5) is 5.82 Å². The number of phosphoric acid groups is 1. The highest BCUT2D eigenvalue weighted by molar-refractivity contribution is 7.46. The van der Waals surface area contributed by atoms with Gasteiger partial charge in [-0.3, -0.25) is 10.7 Å². The van der Waals surface area contributed by atoms with E-state index in [4.69, 9.17) is 24.8 Å². The lowest BCUT2D eigenvalue weighted by atomic mass is 10.1. The van der Waals surface area contributed by atoms with Crippen LogP contribution < -0.4 is 15.0 Å². The second-order valence-corrected chi connectivity index (χ2v) is 8.55. The van der Waals surface area contributed by atoms with Gasteiger partial charge in [0.1, 0.15) is 5.56 Å². The van der Waals surface area contributed by atoms with Crippen molar-refractivity contribution in [2.75, 3.05) is 12.3 Å². The molecular weight excluding hydrogens is 461 g/mol. The van der Waals surface area contributed by atoms with Crippen molar-refractivity contribution in [1.29, 1.82) is 0 Å². The summed E-state index contributed by atoms with van der Waals surface area (Å²) in [5.41, 5.74) is 9.18. The zero-order valence-corrected chi connectivity index (χ0v) is 18.9. The summed E-state index contributed by atoms with van der Waals surface area (Å²) in [5, 5.41) is 4.09. The molecule has 0 aromatic carbocycles. The molecule has 4 aromatic heterocycles. The third-order valence-corrected chi connectivity index (χ3v) is 5.27. The molecule has 4 aromatic rings. The number of rotatable bonds is 10. The smallest absolute Gasteiger partial charge is 0.472 e. The van der Waals surface area contributed by atoms with Crippen LogP contribution in [0.5, 0.6) is 5.88 Å². The van der Waals surface area contributed by atoms with Crippen LogP contribution in [0.25, 0.3) is 11.3 Å². The highest BCUT2D eigenvalue weighted by atomic mass is 31.2. The number of nitrogen functional groups attached to an aromatic ring is 1. The zero-order chi connectivity index (χ0) is 24.0. The first-order valence-electron chi connectivity index (χ1n) is 10.3. The molecule has 0 unspecified atom stereocenters. The molecule has 34 heavy (non-hydrogen) atoms. The minimum absolute atomic E-state index is 0.215. The van der Waals surface area contributed by atoms with Gasteiger partial charge in [-0.2, -0.15) is 0 Å². The Bertz CT molecular complexity index is 1280. The third kappa shape index (κ3) is 6.46. The van der Waals surface area contributed by atoms with Crippen LogP contribution in [0.2, 0.25) is 0 Å². The molecule has 0 aliphatic heterocycles. The molecule has 4 heterocycles. The van der Waals surface area contributed by atoms with Crippen LogP contribution in [0, 0.1) is 0 Å². The quantitative estimate of drug-likeness (QED) is 0.225. The van der Waals surface area contributed by atoms with Gasteiger partial charge in [-0.1, -0.05) is 17.3 Å². The van der Waals surface area contributed by atoms with E-state index >= 15 is 0 Å². The van der Waals surface area contributed by atoms with Crippen LogP contribution in [0.3, 0.4) is 0 Å². The maximum absolute atomic E-state index is 11.0. The second-order valence-electron chi connectivity index (χ2n) is 7.31. The maximum atomic E-state index is 11.0. The standard InChI is InChI=1S/C22H22N5O6P/c23-22-19(5-3-10-27(22)15-32-34(28,29)30)20-13-18(26-33-20)12-16-6-7-21(25-14-16)31-11-8-17-4-1-2-9-24-17/h1-7,9-10,13-14,23H,8,11-12,15H2,(H2,28,29,30)/p+1. The lowest BCUT2D eigenvalue weighted by Crippen LogP contribution is -2.38. The fourth-order valence-corrected chi connectivity index (χ4v) is 3.43. The van der Waals surface area contributed by atoms with Gasteiger partial charge >= 0.3 is 7.82 Å². The fraction of sp³-hybridized carbons (Fsp3) is 0.182. The number of nitrogens with zero attached hydrogens (tertiary/aromatic N) is 4. The Morgan fingerprint density at radius 3 is 2.71 bits per heavy atom. The van der Waals surface area contributed by atoms with E-state index in [-0.39, 0.29) is 5.82 Å². The fourth-order valence-electron chi connectivity index (χ4n) is 3.16. The number of hydrogen-bond donors (Lipinski definition) is 3. The Morgan fingerprint density at radius 2 is 1.97 bits per heavy atom. The van der Waals surface area contributed by atoms with Crippen LogP contribution in [-0.4, -0.2) is 31.5 Å². The van der Waals surface area contributed by atoms with Gasteiger partial charge in [0.05, 0.1) is 18.5 Å². The zero-order valence-electron chi connectivity index (χ0n) is 18.0. The third-order valence-electron chi connectivity index (χ3n) is 4.82. The molecule has 0 spiro atoms. The van der Waals surface area contributed by atoms with E-state index in [2.05, 4.69) is 19.6 Å². The Hall–Kier alpha value is -3.63. The molecule has 0 fully saturated rings. The summed E-state index contributed by atoms with van der Waals surface area (Å²) < 4.78 is 27.9. The first kappa shape index (κ1) is 23.5. The van der Waals surface area contributed by atoms with Gasteiger partial charge in [0.25, 0.3) is 5.82 Å². The number of aromatic nitrogens is 4. The first-order chi connectivity index (χ1) is 16.4. The van der Waals surface area contributed by atoms with Crippen molar-refractivity contribution in [1.82, 2.24) is 15.1 Å². The van der Waals surface area contributed by atoms with Gasteiger partial charge in [-0.15, -0.1) is 0 Å². The van der Waals surface area contributed by atoms with Crippen molar-refractivity contribution in [3.63, 3.8) is 0 Å². The number of pyridine rings is 3. The lowest BCUT2D eigenvalue weighted by molar-refractivity contribution is -0.711. The van der Waals surface area contributed by atoms with E-state index in [9.17, 15) is 4.57 Å². The van der Waals surface area contributed by atoms with Crippen molar-refractivity contribution in [3.05, 3.63) is 84.1 Å². The number of anilines is 1. The predicted octanol–water partition coefficient (Wildman–Crippen LogP) is 2.28. The first-order valence-corrected chi connectivity index (χ1v) is 11.8. The largest absolute Gasteiger partial charge is 0.477 e. The molecule has 4 N–H and O–H groups in total. The SMILES string of the molecule is Nc1c(-c2cc(Cc3ccc(OCCc4ccccn4)nc3)no2)ccc[n+]1COP(=O)(O)O. The molecule has 0 amide bonds. The highest BCUT2D eigenvalue weighted by Crippen LogP contribution is 2.35.